The van der Waals surface area contributed by atoms with E-state index in [1.165, 1.54) is 0 Å². The molecule has 6 heteroatoms. The molecule has 0 saturated carbocycles. The van der Waals surface area contributed by atoms with E-state index in [2.05, 4.69) is 4.72 Å². The first kappa shape index (κ1) is 15.1. The lowest BCUT2D eigenvalue weighted by atomic mass is 10.2. The van der Waals surface area contributed by atoms with Gasteiger partial charge in [0.05, 0.1) is 11.2 Å². The Bertz CT molecular complexity index is 621. The number of furan rings is 1. The van der Waals surface area contributed by atoms with Crippen LogP contribution in [0.5, 0.6) is 0 Å². The number of benzene rings is 1. The van der Waals surface area contributed by atoms with Gasteiger partial charge in [-0.2, -0.15) is 0 Å². The van der Waals surface area contributed by atoms with Crippen molar-refractivity contribution in [2.45, 2.75) is 17.7 Å². The van der Waals surface area contributed by atoms with E-state index in [0.29, 0.717) is 18.8 Å². The van der Waals surface area contributed by atoms with Crippen LogP contribution in [0.2, 0.25) is 0 Å². The molecular weight excluding hydrogens is 298 g/mol. The molecule has 0 spiro atoms. The van der Waals surface area contributed by atoms with Crippen LogP contribution in [0, 0.1) is 0 Å². The minimum absolute atomic E-state index is 0.260. The highest BCUT2D eigenvalue weighted by Crippen LogP contribution is 2.11. The van der Waals surface area contributed by atoms with Crippen molar-refractivity contribution in [3.8, 4) is 0 Å². The molecule has 2 aromatic rings. The van der Waals surface area contributed by atoms with Gasteiger partial charge >= 0.3 is 0 Å². The molecule has 1 aromatic carbocycles. The second kappa shape index (κ2) is 6.92. The summed E-state index contributed by atoms with van der Waals surface area (Å²) in [7, 11) is -3.47. The molecule has 4 nitrogen and oxygen atoms in total. The number of alkyl halides is 1. The Morgan fingerprint density at radius 2 is 1.85 bits per heavy atom. The van der Waals surface area contributed by atoms with E-state index < -0.39 is 10.0 Å². The summed E-state index contributed by atoms with van der Waals surface area (Å²) < 4.78 is 31.8. The van der Waals surface area contributed by atoms with Gasteiger partial charge in [-0.3, -0.25) is 0 Å². The number of halogens is 1. The fourth-order valence-electron chi connectivity index (χ4n) is 1.79. The van der Waals surface area contributed by atoms with E-state index in [0.717, 1.165) is 17.7 Å². The molecule has 0 bridgehead atoms. The van der Waals surface area contributed by atoms with Gasteiger partial charge in [-0.15, -0.1) is 11.6 Å². The summed E-state index contributed by atoms with van der Waals surface area (Å²) in [6, 6.07) is 10.3. The van der Waals surface area contributed by atoms with Crippen molar-refractivity contribution in [3.63, 3.8) is 0 Å². The molecule has 0 radical (unpaired) electrons. The molecule has 0 unspecified atom stereocenters. The van der Waals surface area contributed by atoms with Crippen LogP contribution < -0.4 is 4.72 Å². The first-order valence-corrected chi connectivity index (χ1v) is 8.30. The van der Waals surface area contributed by atoms with Crippen LogP contribution in [-0.2, 0) is 22.9 Å². The summed E-state index contributed by atoms with van der Waals surface area (Å²) in [6.45, 7) is 0.305. The molecule has 1 aromatic heterocycles. The van der Waals surface area contributed by atoms with E-state index in [1.54, 1.807) is 36.6 Å². The van der Waals surface area contributed by atoms with Crippen molar-refractivity contribution in [1.82, 2.24) is 4.72 Å². The quantitative estimate of drug-likeness (QED) is 0.799. The van der Waals surface area contributed by atoms with Gasteiger partial charge in [0.25, 0.3) is 0 Å². The standard InChI is InChI=1S/C14H16ClNO3S/c15-9-7-12-3-5-14(6-4-12)20(17,18)16-10-8-13-2-1-11-19-13/h1-6,11,16H,7-10H2. The van der Waals surface area contributed by atoms with Crippen LogP contribution in [0.3, 0.4) is 0 Å². The van der Waals surface area contributed by atoms with Gasteiger partial charge in [0, 0.05) is 18.8 Å². The van der Waals surface area contributed by atoms with E-state index in [9.17, 15) is 8.42 Å². The second-order valence-electron chi connectivity index (χ2n) is 4.31. The topological polar surface area (TPSA) is 59.3 Å². The largest absolute Gasteiger partial charge is 0.469 e. The first-order chi connectivity index (χ1) is 9.62. The number of hydrogen-bond acceptors (Lipinski definition) is 3. The lowest BCUT2D eigenvalue weighted by molar-refractivity contribution is 0.506. The molecule has 20 heavy (non-hydrogen) atoms. The molecule has 0 saturated heterocycles. The number of rotatable bonds is 7. The molecule has 1 heterocycles. The van der Waals surface area contributed by atoms with Crippen LogP contribution in [0.25, 0.3) is 0 Å². The van der Waals surface area contributed by atoms with E-state index in [4.69, 9.17) is 16.0 Å². The lowest BCUT2D eigenvalue weighted by Crippen LogP contribution is -2.25. The first-order valence-electron chi connectivity index (χ1n) is 6.29. The third-order valence-electron chi connectivity index (χ3n) is 2.86. The van der Waals surface area contributed by atoms with Crippen molar-refractivity contribution in [2.24, 2.45) is 0 Å². The minimum atomic E-state index is -3.47. The van der Waals surface area contributed by atoms with Crippen LogP contribution in [0.1, 0.15) is 11.3 Å². The molecule has 0 aliphatic rings. The highest BCUT2D eigenvalue weighted by molar-refractivity contribution is 7.89. The van der Waals surface area contributed by atoms with Gasteiger partial charge in [-0.05, 0) is 36.2 Å². The molecule has 0 aliphatic carbocycles. The highest BCUT2D eigenvalue weighted by Gasteiger charge is 2.13. The van der Waals surface area contributed by atoms with Gasteiger partial charge in [0.2, 0.25) is 10.0 Å². The van der Waals surface area contributed by atoms with Gasteiger partial charge in [-0.25, -0.2) is 13.1 Å². The van der Waals surface area contributed by atoms with Crippen molar-refractivity contribution in [1.29, 1.82) is 0 Å². The van der Waals surface area contributed by atoms with Crippen LogP contribution in [0.15, 0.2) is 52.0 Å². The average molecular weight is 314 g/mol. The fraction of sp³-hybridized carbons (Fsp3) is 0.286. The Morgan fingerprint density at radius 1 is 1.10 bits per heavy atom. The van der Waals surface area contributed by atoms with Crippen LogP contribution in [0.4, 0.5) is 0 Å². The third-order valence-corrected chi connectivity index (χ3v) is 4.53. The van der Waals surface area contributed by atoms with Crippen molar-refractivity contribution in [3.05, 3.63) is 54.0 Å². The SMILES string of the molecule is O=S(=O)(NCCc1ccco1)c1ccc(CCCl)cc1. The Balaban J connectivity index is 1.95. The summed E-state index contributed by atoms with van der Waals surface area (Å²) >= 11 is 5.64. The van der Waals surface area contributed by atoms with Gasteiger partial charge < -0.3 is 4.42 Å². The third kappa shape index (κ3) is 4.10. The van der Waals surface area contributed by atoms with Crippen LogP contribution >= 0.6 is 11.6 Å². The van der Waals surface area contributed by atoms with E-state index in [1.807, 2.05) is 6.07 Å². The summed E-state index contributed by atoms with van der Waals surface area (Å²) in [5.41, 5.74) is 1.02. The van der Waals surface area contributed by atoms with Gasteiger partial charge in [0.1, 0.15) is 5.76 Å². The summed E-state index contributed by atoms with van der Waals surface area (Å²) in [5, 5.41) is 0. The summed E-state index contributed by atoms with van der Waals surface area (Å²) in [6.07, 6.45) is 2.82. The molecule has 0 fully saturated rings. The predicted octanol–water partition coefficient (Wildman–Crippen LogP) is 2.58. The Morgan fingerprint density at radius 3 is 2.45 bits per heavy atom. The number of nitrogens with one attached hydrogen (secondary N) is 1. The molecule has 1 N–H and O–H groups in total. The Hall–Kier alpha value is -1.30. The Labute approximate surface area is 123 Å². The maximum absolute atomic E-state index is 12.1. The minimum Gasteiger partial charge on any atom is -0.469 e. The maximum Gasteiger partial charge on any atom is 0.240 e. The van der Waals surface area contributed by atoms with Gasteiger partial charge in [0.15, 0.2) is 0 Å². The number of hydrogen-bond donors (Lipinski definition) is 1. The molecule has 0 aliphatic heterocycles. The zero-order chi connectivity index (χ0) is 14.4. The molecule has 108 valence electrons. The molecule has 0 atom stereocenters. The number of sulfonamides is 1. The zero-order valence-electron chi connectivity index (χ0n) is 10.9. The van der Waals surface area contributed by atoms with E-state index >= 15 is 0 Å². The molecular formula is C14H16ClNO3S. The summed E-state index contributed by atoms with van der Waals surface area (Å²) in [4.78, 5) is 0.260. The zero-order valence-corrected chi connectivity index (χ0v) is 12.5. The Kier molecular flexibility index (Phi) is 5.23. The number of aryl methyl sites for hydroxylation is 1. The highest BCUT2D eigenvalue weighted by atomic mass is 35.5. The van der Waals surface area contributed by atoms with Crippen molar-refractivity contribution >= 4 is 21.6 Å². The average Bonchev–Trinajstić information content (AvgIpc) is 2.93. The maximum atomic E-state index is 12.1. The molecule has 0 amide bonds. The van der Waals surface area contributed by atoms with E-state index in [-0.39, 0.29) is 4.90 Å². The second-order valence-corrected chi connectivity index (χ2v) is 6.45. The fourth-order valence-corrected chi connectivity index (χ4v) is 3.04. The lowest BCUT2D eigenvalue weighted by Gasteiger charge is -2.06. The predicted molar refractivity (Wildman–Crippen MR) is 78.5 cm³/mol. The van der Waals surface area contributed by atoms with Crippen LogP contribution in [-0.4, -0.2) is 20.8 Å². The van der Waals surface area contributed by atoms with Gasteiger partial charge in [-0.1, -0.05) is 12.1 Å². The smallest absolute Gasteiger partial charge is 0.240 e. The monoisotopic (exact) mass is 313 g/mol. The normalized spacial score (nSPS) is 11.7. The van der Waals surface area contributed by atoms with Crippen molar-refractivity contribution in [2.75, 3.05) is 12.4 Å². The molecule has 2 rings (SSSR count). The van der Waals surface area contributed by atoms with Crippen molar-refractivity contribution < 1.29 is 12.8 Å². The summed E-state index contributed by atoms with van der Waals surface area (Å²) in [5.74, 6) is 1.28.